The van der Waals surface area contributed by atoms with Crippen LogP contribution in [0.1, 0.15) is 36.7 Å². The molecular weight excluding hydrogens is 376 g/mol. The molecule has 2 N–H and O–H groups in total. The number of nitrogens with one attached hydrogen (secondary N) is 2. The van der Waals surface area contributed by atoms with Crippen molar-refractivity contribution < 1.29 is 14.3 Å². The standard InChI is InChI=1S/C22H27ClN2O3/c1-4-28-19-8-6-5-7-18(19)21(26)25-20(15(2)3)22(27)24-14-13-16-9-11-17(23)12-10-16/h5-12,15,20H,4,13-14H2,1-3H3,(H,24,27)(H,25,26)/t20-/m0/s1. The number of benzene rings is 2. The molecule has 0 saturated carbocycles. The molecule has 0 heterocycles. The molecule has 0 aromatic heterocycles. The predicted molar refractivity (Wildman–Crippen MR) is 112 cm³/mol. The van der Waals surface area contributed by atoms with Crippen LogP contribution in [0.15, 0.2) is 48.5 Å². The zero-order chi connectivity index (χ0) is 20.5. The van der Waals surface area contributed by atoms with Crippen molar-refractivity contribution in [1.29, 1.82) is 0 Å². The van der Waals surface area contributed by atoms with E-state index in [1.807, 2.05) is 51.1 Å². The third-order valence-corrected chi connectivity index (χ3v) is 4.55. The molecule has 150 valence electrons. The van der Waals surface area contributed by atoms with Gasteiger partial charge >= 0.3 is 0 Å². The number of ether oxygens (including phenoxy) is 1. The summed E-state index contributed by atoms with van der Waals surface area (Å²) in [6.45, 7) is 6.61. The van der Waals surface area contributed by atoms with Gasteiger partial charge in [-0.05, 0) is 49.1 Å². The van der Waals surface area contributed by atoms with Crippen LogP contribution >= 0.6 is 11.6 Å². The molecule has 28 heavy (non-hydrogen) atoms. The summed E-state index contributed by atoms with van der Waals surface area (Å²) in [6.07, 6.45) is 0.689. The van der Waals surface area contributed by atoms with Gasteiger partial charge in [0.05, 0.1) is 12.2 Å². The van der Waals surface area contributed by atoms with E-state index in [-0.39, 0.29) is 17.7 Å². The van der Waals surface area contributed by atoms with Crippen LogP contribution in [-0.4, -0.2) is 31.0 Å². The van der Waals surface area contributed by atoms with Crippen LogP contribution in [0, 0.1) is 5.92 Å². The number of hydrogen-bond acceptors (Lipinski definition) is 3. The highest BCUT2D eigenvalue weighted by molar-refractivity contribution is 6.30. The van der Waals surface area contributed by atoms with E-state index < -0.39 is 6.04 Å². The minimum absolute atomic E-state index is 0.0567. The van der Waals surface area contributed by atoms with Gasteiger partial charge in [0.2, 0.25) is 5.91 Å². The molecule has 5 nitrogen and oxygen atoms in total. The van der Waals surface area contributed by atoms with Gasteiger partial charge in [-0.1, -0.05) is 49.7 Å². The molecular formula is C22H27ClN2O3. The summed E-state index contributed by atoms with van der Waals surface area (Å²) in [5.74, 6) is -0.0753. The summed E-state index contributed by atoms with van der Waals surface area (Å²) in [6, 6.07) is 13.9. The zero-order valence-corrected chi connectivity index (χ0v) is 17.3. The molecule has 0 aliphatic carbocycles. The maximum atomic E-state index is 12.7. The fourth-order valence-electron chi connectivity index (χ4n) is 2.78. The Morgan fingerprint density at radius 2 is 1.75 bits per heavy atom. The minimum atomic E-state index is -0.632. The summed E-state index contributed by atoms with van der Waals surface area (Å²) in [5, 5.41) is 6.43. The molecule has 2 aromatic carbocycles. The molecule has 0 unspecified atom stereocenters. The van der Waals surface area contributed by atoms with E-state index in [1.165, 1.54) is 0 Å². The number of hydrogen-bond donors (Lipinski definition) is 2. The van der Waals surface area contributed by atoms with Crippen LogP contribution in [0.3, 0.4) is 0 Å². The predicted octanol–water partition coefficient (Wildman–Crippen LogP) is 3.85. The van der Waals surface area contributed by atoms with Crippen LogP contribution in [0.2, 0.25) is 5.02 Å². The summed E-state index contributed by atoms with van der Waals surface area (Å²) >= 11 is 5.88. The molecule has 0 spiro atoms. The van der Waals surface area contributed by atoms with E-state index in [9.17, 15) is 9.59 Å². The maximum Gasteiger partial charge on any atom is 0.255 e. The molecule has 0 saturated heterocycles. The molecule has 2 rings (SSSR count). The van der Waals surface area contributed by atoms with Gasteiger partial charge in [-0.2, -0.15) is 0 Å². The zero-order valence-electron chi connectivity index (χ0n) is 16.5. The van der Waals surface area contributed by atoms with Crippen LogP contribution in [0.25, 0.3) is 0 Å². The number of carbonyl (C=O) groups is 2. The normalized spacial score (nSPS) is 11.8. The topological polar surface area (TPSA) is 67.4 Å². The van der Waals surface area contributed by atoms with Gasteiger partial charge in [-0.15, -0.1) is 0 Å². The van der Waals surface area contributed by atoms with Crippen molar-refractivity contribution in [2.45, 2.75) is 33.2 Å². The molecule has 0 aliphatic heterocycles. The van der Waals surface area contributed by atoms with Gasteiger partial charge in [0.25, 0.3) is 5.91 Å². The average Bonchev–Trinajstić information content (AvgIpc) is 2.67. The van der Waals surface area contributed by atoms with E-state index in [1.54, 1.807) is 18.2 Å². The second kappa shape index (κ2) is 10.7. The lowest BCUT2D eigenvalue weighted by Crippen LogP contribution is -2.50. The Morgan fingerprint density at radius 3 is 2.39 bits per heavy atom. The van der Waals surface area contributed by atoms with E-state index in [2.05, 4.69) is 10.6 Å². The van der Waals surface area contributed by atoms with E-state index in [0.717, 1.165) is 5.56 Å². The second-order valence-electron chi connectivity index (χ2n) is 6.79. The first-order valence-electron chi connectivity index (χ1n) is 9.47. The van der Waals surface area contributed by atoms with Crippen LogP contribution in [-0.2, 0) is 11.2 Å². The monoisotopic (exact) mass is 402 g/mol. The fourth-order valence-corrected chi connectivity index (χ4v) is 2.91. The highest BCUT2D eigenvalue weighted by atomic mass is 35.5. The second-order valence-corrected chi connectivity index (χ2v) is 7.23. The molecule has 6 heteroatoms. The van der Waals surface area contributed by atoms with Gasteiger partial charge in [-0.3, -0.25) is 9.59 Å². The molecule has 0 bridgehead atoms. The van der Waals surface area contributed by atoms with E-state index >= 15 is 0 Å². The summed E-state index contributed by atoms with van der Waals surface area (Å²) < 4.78 is 5.51. The fraction of sp³-hybridized carbons (Fsp3) is 0.364. The average molecular weight is 403 g/mol. The third-order valence-electron chi connectivity index (χ3n) is 4.29. The SMILES string of the molecule is CCOc1ccccc1C(=O)N[C@H](C(=O)NCCc1ccc(Cl)cc1)C(C)C. The van der Waals surface area contributed by atoms with Crippen molar-refractivity contribution in [3.8, 4) is 5.75 Å². The van der Waals surface area contributed by atoms with E-state index in [4.69, 9.17) is 16.3 Å². The Balaban J connectivity index is 1.97. The van der Waals surface area contributed by atoms with Crippen molar-refractivity contribution in [2.75, 3.05) is 13.2 Å². The first-order valence-corrected chi connectivity index (χ1v) is 9.85. The Labute approximate surface area is 171 Å². The van der Waals surface area contributed by atoms with Crippen LogP contribution in [0.5, 0.6) is 5.75 Å². The summed E-state index contributed by atoms with van der Waals surface area (Å²) in [4.78, 5) is 25.3. The lowest BCUT2D eigenvalue weighted by molar-refractivity contribution is -0.123. The van der Waals surface area contributed by atoms with Crippen molar-refractivity contribution in [3.63, 3.8) is 0 Å². The van der Waals surface area contributed by atoms with Crippen molar-refractivity contribution >= 4 is 23.4 Å². The first kappa shape index (κ1) is 21.8. The Kier molecular flexibility index (Phi) is 8.33. The van der Waals surface area contributed by atoms with Gasteiger partial charge in [-0.25, -0.2) is 0 Å². The highest BCUT2D eigenvalue weighted by Crippen LogP contribution is 2.18. The lowest BCUT2D eigenvalue weighted by Gasteiger charge is -2.22. The van der Waals surface area contributed by atoms with E-state index in [0.29, 0.717) is 35.9 Å². The number of amides is 2. The quantitative estimate of drug-likeness (QED) is 0.669. The summed E-state index contributed by atoms with van der Waals surface area (Å²) in [5.41, 5.74) is 1.50. The van der Waals surface area contributed by atoms with Crippen LogP contribution in [0.4, 0.5) is 0 Å². The largest absolute Gasteiger partial charge is 0.493 e. The van der Waals surface area contributed by atoms with Gasteiger partial charge < -0.3 is 15.4 Å². The molecule has 1 atom stereocenters. The highest BCUT2D eigenvalue weighted by Gasteiger charge is 2.25. The van der Waals surface area contributed by atoms with Crippen molar-refractivity contribution in [3.05, 3.63) is 64.7 Å². The van der Waals surface area contributed by atoms with Crippen molar-refractivity contribution in [1.82, 2.24) is 10.6 Å². The van der Waals surface area contributed by atoms with Gasteiger partial charge in [0.1, 0.15) is 11.8 Å². The molecule has 2 amide bonds. The number of halogens is 1. The number of rotatable bonds is 9. The summed E-state index contributed by atoms with van der Waals surface area (Å²) in [7, 11) is 0. The molecule has 0 radical (unpaired) electrons. The smallest absolute Gasteiger partial charge is 0.255 e. The molecule has 0 fully saturated rings. The third kappa shape index (κ3) is 6.27. The van der Waals surface area contributed by atoms with Gasteiger partial charge in [0, 0.05) is 11.6 Å². The van der Waals surface area contributed by atoms with Crippen LogP contribution < -0.4 is 15.4 Å². The lowest BCUT2D eigenvalue weighted by atomic mass is 10.0. The Morgan fingerprint density at radius 1 is 1.07 bits per heavy atom. The maximum absolute atomic E-state index is 12.7. The first-order chi connectivity index (χ1) is 13.4. The van der Waals surface area contributed by atoms with Gasteiger partial charge in [0.15, 0.2) is 0 Å². The Bertz CT molecular complexity index is 791. The number of para-hydroxylation sites is 1. The molecule has 0 aliphatic rings. The minimum Gasteiger partial charge on any atom is -0.493 e. The molecule has 2 aromatic rings. The van der Waals surface area contributed by atoms with Crippen molar-refractivity contribution in [2.24, 2.45) is 5.92 Å². The Hall–Kier alpha value is -2.53. The number of carbonyl (C=O) groups excluding carboxylic acids is 2.